The maximum atomic E-state index is 3.92. The van der Waals surface area contributed by atoms with Crippen LogP contribution in [-0.2, 0) is 6.42 Å². The zero-order valence-corrected chi connectivity index (χ0v) is 10.3. The van der Waals surface area contributed by atoms with Gasteiger partial charge in [0.1, 0.15) is 0 Å². The molecule has 0 aromatic heterocycles. The largest absolute Gasteiger partial charge is 0.0988 e. The molecule has 2 rings (SSSR count). The van der Waals surface area contributed by atoms with Crippen molar-refractivity contribution in [2.24, 2.45) is 5.92 Å². The Morgan fingerprint density at radius 3 is 2.59 bits per heavy atom. The average molecular weight is 222 g/mol. The van der Waals surface area contributed by atoms with Crippen LogP contribution < -0.4 is 0 Å². The number of hydrogen-bond acceptors (Lipinski definition) is 0. The zero-order chi connectivity index (χ0) is 12.3. The predicted molar refractivity (Wildman–Crippen MR) is 75.8 cm³/mol. The monoisotopic (exact) mass is 222 g/mol. The second-order valence-corrected chi connectivity index (χ2v) is 4.46. The molecule has 0 heterocycles. The second-order valence-electron chi connectivity index (χ2n) is 4.46. The lowest BCUT2D eigenvalue weighted by molar-refractivity contribution is 0.689. The standard InChI is InChI=1S/C17H18/c1-4-14-10-11-15-8-6-7-9-16(15)12-13(3)17(14)5-2/h4-11,13H,1-2,12H2,3H3/b11-10-,17-14-. The quantitative estimate of drug-likeness (QED) is 0.688. The van der Waals surface area contributed by atoms with Gasteiger partial charge in [-0.3, -0.25) is 0 Å². The van der Waals surface area contributed by atoms with Crippen molar-refractivity contribution in [3.63, 3.8) is 0 Å². The van der Waals surface area contributed by atoms with Gasteiger partial charge in [-0.25, -0.2) is 0 Å². The fourth-order valence-corrected chi connectivity index (χ4v) is 2.39. The number of fused-ring (bicyclic) bond motifs is 1. The highest BCUT2D eigenvalue weighted by atomic mass is 14.2. The highest BCUT2D eigenvalue weighted by Crippen LogP contribution is 2.27. The first-order valence-corrected chi connectivity index (χ1v) is 6.01. The molecule has 0 aliphatic heterocycles. The molecule has 1 atom stereocenters. The zero-order valence-electron chi connectivity index (χ0n) is 10.3. The van der Waals surface area contributed by atoms with Crippen molar-refractivity contribution in [3.05, 3.63) is 77.9 Å². The van der Waals surface area contributed by atoms with Gasteiger partial charge in [-0.05, 0) is 34.6 Å². The van der Waals surface area contributed by atoms with Crippen molar-refractivity contribution in [1.82, 2.24) is 0 Å². The summed E-state index contributed by atoms with van der Waals surface area (Å²) in [6.45, 7) is 10.1. The molecular formula is C17H18. The topological polar surface area (TPSA) is 0 Å². The Hall–Kier alpha value is -1.82. The lowest BCUT2D eigenvalue weighted by Gasteiger charge is -2.19. The minimum absolute atomic E-state index is 0.478. The molecule has 1 aromatic rings. The summed E-state index contributed by atoms with van der Waals surface area (Å²) in [6.07, 6.45) is 9.23. The molecule has 17 heavy (non-hydrogen) atoms. The van der Waals surface area contributed by atoms with Gasteiger partial charge >= 0.3 is 0 Å². The molecule has 86 valence electrons. The molecule has 1 aliphatic carbocycles. The van der Waals surface area contributed by atoms with E-state index in [1.165, 1.54) is 22.3 Å². The fourth-order valence-electron chi connectivity index (χ4n) is 2.39. The van der Waals surface area contributed by atoms with Gasteiger partial charge in [0, 0.05) is 0 Å². The van der Waals surface area contributed by atoms with Gasteiger partial charge in [-0.15, -0.1) is 0 Å². The molecule has 0 heteroatoms. The normalized spacial score (nSPS) is 25.4. The van der Waals surface area contributed by atoms with Crippen LogP contribution in [-0.4, -0.2) is 0 Å². The molecule has 0 saturated carbocycles. The number of benzene rings is 1. The van der Waals surface area contributed by atoms with E-state index in [1.54, 1.807) is 0 Å². The maximum Gasteiger partial charge on any atom is -0.0144 e. The van der Waals surface area contributed by atoms with E-state index in [4.69, 9.17) is 0 Å². The summed E-state index contributed by atoms with van der Waals surface area (Å²) >= 11 is 0. The van der Waals surface area contributed by atoms with E-state index >= 15 is 0 Å². The van der Waals surface area contributed by atoms with Crippen molar-refractivity contribution in [2.75, 3.05) is 0 Å². The van der Waals surface area contributed by atoms with E-state index in [9.17, 15) is 0 Å². The van der Waals surface area contributed by atoms with Crippen LogP contribution in [0.5, 0.6) is 0 Å². The third kappa shape index (κ3) is 2.31. The minimum atomic E-state index is 0.478. The molecule has 1 aromatic carbocycles. The van der Waals surface area contributed by atoms with Gasteiger partial charge < -0.3 is 0 Å². The Morgan fingerprint density at radius 1 is 1.12 bits per heavy atom. The van der Waals surface area contributed by atoms with Gasteiger partial charge in [0.15, 0.2) is 0 Å². The lowest BCUT2D eigenvalue weighted by Crippen LogP contribution is -2.06. The first-order valence-electron chi connectivity index (χ1n) is 6.01. The summed E-state index contributed by atoms with van der Waals surface area (Å²) in [5.41, 5.74) is 5.17. The Kier molecular flexibility index (Phi) is 3.43. The summed E-state index contributed by atoms with van der Waals surface area (Å²) in [6, 6.07) is 8.56. The summed E-state index contributed by atoms with van der Waals surface area (Å²) in [7, 11) is 0. The molecule has 0 fully saturated rings. The van der Waals surface area contributed by atoms with Gasteiger partial charge in [-0.1, -0.05) is 68.7 Å². The molecule has 0 N–H and O–H groups in total. The van der Waals surface area contributed by atoms with Crippen LogP contribution >= 0.6 is 0 Å². The molecule has 0 nitrogen and oxygen atoms in total. The summed E-state index contributed by atoms with van der Waals surface area (Å²) in [4.78, 5) is 0. The summed E-state index contributed by atoms with van der Waals surface area (Å²) < 4.78 is 0. The van der Waals surface area contributed by atoms with Crippen molar-refractivity contribution in [3.8, 4) is 0 Å². The molecule has 0 saturated heterocycles. The van der Waals surface area contributed by atoms with Crippen LogP contribution in [0.15, 0.2) is 66.8 Å². The SMILES string of the molecule is C=CC1=C(\C=C)C(C)Cc2ccccc2/C=C\1. The highest BCUT2D eigenvalue weighted by molar-refractivity contribution is 5.61. The molecule has 1 unspecified atom stereocenters. The van der Waals surface area contributed by atoms with Crippen molar-refractivity contribution in [2.45, 2.75) is 13.3 Å². The van der Waals surface area contributed by atoms with E-state index in [1.807, 2.05) is 12.2 Å². The van der Waals surface area contributed by atoms with Crippen LogP contribution in [0.2, 0.25) is 0 Å². The maximum absolute atomic E-state index is 3.92. The molecular weight excluding hydrogens is 204 g/mol. The molecule has 1 aliphatic rings. The van der Waals surface area contributed by atoms with E-state index < -0.39 is 0 Å². The van der Waals surface area contributed by atoms with Crippen molar-refractivity contribution in [1.29, 1.82) is 0 Å². The van der Waals surface area contributed by atoms with Gasteiger partial charge in [0.2, 0.25) is 0 Å². The summed E-state index contributed by atoms with van der Waals surface area (Å²) in [5.74, 6) is 0.478. The second kappa shape index (κ2) is 5.01. The smallest absolute Gasteiger partial charge is 0.0144 e. The Morgan fingerprint density at radius 2 is 1.88 bits per heavy atom. The Labute approximate surface area is 104 Å². The van der Waals surface area contributed by atoms with Gasteiger partial charge in [0.25, 0.3) is 0 Å². The first-order chi connectivity index (χ1) is 8.26. The average Bonchev–Trinajstić information content (AvgIpc) is 2.33. The van der Waals surface area contributed by atoms with Crippen molar-refractivity contribution >= 4 is 6.08 Å². The third-order valence-corrected chi connectivity index (χ3v) is 3.33. The van der Waals surface area contributed by atoms with Crippen LogP contribution in [0.4, 0.5) is 0 Å². The van der Waals surface area contributed by atoms with Gasteiger partial charge in [-0.2, -0.15) is 0 Å². The molecule has 0 amide bonds. The van der Waals surface area contributed by atoms with E-state index in [2.05, 4.69) is 56.5 Å². The Balaban J connectivity index is 2.55. The van der Waals surface area contributed by atoms with E-state index in [0.29, 0.717) is 5.92 Å². The summed E-state index contributed by atoms with van der Waals surface area (Å²) in [5, 5.41) is 0. The van der Waals surface area contributed by atoms with Crippen LogP contribution in [0.1, 0.15) is 18.1 Å². The van der Waals surface area contributed by atoms with E-state index in [0.717, 1.165) is 6.42 Å². The lowest BCUT2D eigenvalue weighted by atomic mass is 9.86. The molecule has 0 bridgehead atoms. The van der Waals surface area contributed by atoms with E-state index in [-0.39, 0.29) is 0 Å². The number of allylic oxidation sites excluding steroid dienone is 5. The van der Waals surface area contributed by atoms with Crippen LogP contribution in [0, 0.1) is 5.92 Å². The predicted octanol–water partition coefficient (Wildman–Crippen LogP) is 4.56. The molecule has 0 radical (unpaired) electrons. The first kappa shape index (κ1) is 11.7. The highest BCUT2D eigenvalue weighted by Gasteiger charge is 2.13. The minimum Gasteiger partial charge on any atom is -0.0988 e. The van der Waals surface area contributed by atoms with Crippen molar-refractivity contribution < 1.29 is 0 Å². The number of rotatable bonds is 2. The Bertz CT molecular complexity index is 501. The fraction of sp³-hybridized carbons (Fsp3) is 0.176. The molecule has 0 spiro atoms. The third-order valence-electron chi connectivity index (χ3n) is 3.33. The van der Waals surface area contributed by atoms with Crippen LogP contribution in [0.25, 0.3) is 6.08 Å². The van der Waals surface area contributed by atoms with Crippen LogP contribution in [0.3, 0.4) is 0 Å². The number of hydrogen-bond donors (Lipinski definition) is 0. The van der Waals surface area contributed by atoms with Gasteiger partial charge in [0.05, 0.1) is 0 Å².